The van der Waals surface area contributed by atoms with E-state index in [-0.39, 0.29) is 24.3 Å². The molecule has 3 aromatic heterocycles. The Morgan fingerprint density at radius 2 is 1.97 bits per heavy atom. The average molecular weight is 485 g/mol. The normalized spacial score (nSPS) is 16.0. The maximum Gasteiger partial charge on any atom is 0.220 e. The average Bonchev–Trinajstić information content (AvgIpc) is 2.88. The molecule has 0 fully saturated rings. The van der Waals surface area contributed by atoms with Crippen molar-refractivity contribution >= 4 is 11.7 Å². The Morgan fingerprint density at radius 3 is 2.78 bits per heavy atom. The van der Waals surface area contributed by atoms with E-state index in [2.05, 4.69) is 25.1 Å². The molecule has 0 amide bonds. The van der Waals surface area contributed by atoms with Gasteiger partial charge in [0.05, 0.1) is 29.9 Å². The summed E-state index contributed by atoms with van der Waals surface area (Å²) in [5.74, 6) is 0.261. The van der Waals surface area contributed by atoms with Gasteiger partial charge in [0.2, 0.25) is 11.8 Å². The van der Waals surface area contributed by atoms with Crippen molar-refractivity contribution in [2.24, 2.45) is 5.16 Å². The number of hydrogen-bond acceptors (Lipinski definition) is 8. The molecule has 0 saturated carbocycles. The minimum atomic E-state index is -0.342. The molecular formula is C27H25FN6O2. The van der Waals surface area contributed by atoms with Gasteiger partial charge in [-0.25, -0.2) is 19.3 Å². The van der Waals surface area contributed by atoms with Gasteiger partial charge in [0.15, 0.2) is 0 Å². The van der Waals surface area contributed by atoms with Crippen molar-refractivity contribution in [3.8, 4) is 17.1 Å². The molecule has 5 rings (SSSR count). The highest BCUT2D eigenvalue weighted by Gasteiger charge is 2.31. The highest BCUT2D eigenvalue weighted by atomic mass is 19.1. The molecule has 1 unspecified atom stereocenters. The van der Waals surface area contributed by atoms with Gasteiger partial charge in [-0.3, -0.25) is 4.98 Å². The number of nitrogens with two attached hydrogens (primary N) is 1. The number of aryl methyl sites for hydroxylation is 1. The second-order valence-corrected chi connectivity index (χ2v) is 8.56. The topological polar surface area (TPSA) is 108 Å². The molecule has 2 N–H and O–H groups in total. The lowest BCUT2D eigenvalue weighted by Gasteiger charge is -2.27. The lowest BCUT2D eigenvalue weighted by atomic mass is 9.79. The maximum absolute atomic E-state index is 14.4. The number of rotatable bonds is 6. The molecule has 1 aromatic carbocycles. The Hall–Kier alpha value is -4.40. The monoisotopic (exact) mass is 484 g/mol. The summed E-state index contributed by atoms with van der Waals surface area (Å²) in [6, 6.07) is 14.0. The van der Waals surface area contributed by atoms with Crippen LogP contribution in [0.1, 0.15) is 40.4 Å². The van der Waals surface area contributed by atoms with Gasteiger partial charge in [-0.2, -0.15) is 0 Å². The summed E-state index contributed by atoms with van der Waals surface area (Å²) in [4.78, 5) is 23.2. The zero-order chi connectivity index (χ0) is 25.1. The van der Waals surface area contributed by atoms with Gasteiger partial charge in [-0.1, -0.05) is 23.4 Å². The number of anilines is 1. The van der Waals surface area contributed by atoms with E-state index in [4.69, 9.17) is 15.3 Å². The second-order valence-electron chi connectivity index (χ2n) is 8.56. The fourth-order valence-electron chi connectivity index (χ4n) is 4.58. The number of benzene rings is 1. The first-order valence-electron chi connectivity index (χ1n) is 11.5. The summed E-state index contributed by atoms with van der Waals surface area (Å²) >= 11 is 0. The van der Waals surface area contributed by atoms with E-state index in [1.165, 1.54) is 12.1 Å². The molecular weight excluding hydrogens is 459 g/mol. The predicted octanol–water partition coefficient (Wildman–Crippen LogP) is 4.62. The Morgan fingerprint density at radius 1 is 1.08 bits per heavy atom. The van der Waals surface area contributed by atoms with Crippen LogP contribution >= 0.6 is 0 Å². The van der Waals surface area contributed by atoms with Crippen LogP contribution in [0.5, 0.6) is 5.88 Å². The van der Waals surface area contributed by atoms with Crippen LogP contribution < -0.4 is 10.5 Å². The minimum absolute atomic E-state index is 0.0597. The van der Waals surface area contributed by atoms with Crippen LogP contribution in [-0.2, 0) is 17.9 Å². The Kier molecular flexibility index (Phi) is 6.53. The van der Waals surface area contributed by atoms with Gasteiger partial charge in [0.25, 0.3) is 0 Å². The van der Waals surface area contributed by atoms with Crippen LogP contribution in [0.25, 0.3) is 11.3 Å². The Bertz CT molecular complexity index is 1430. The predicted molar refractivity (Wildman–Crippen MR) is 134 cm³/mol. The van der Waals surface area contributed by atoms with Crippen LogP contribution in [0.2, 0.25) is 0 Å². The van der Waals surface area contributed by atoms with Gasteiger partial charge < -0.3 is 15.3 Å². The summed E-state index contributed by atoms with van der Waals surface area (Å²) in [5, 5.41) is 4.49. The molecule has 8 nitrogen and oxygen atoms in total. The van der Waals surface area contributed by atoms with E-state index in [0.29, 0.717) is 30.0 Å². The molecule has 0 aliphatic heterocycles. The Balaban J connectivity index is 1.54. The third-order valence-electron chi connectivity index (χ3n) is 6.14. The molecule has 0 saturated heterocycles. The highest BCUT2D eigenvalue weighted by molar-refractivity contribution is 6.03. The van der Waals surface area contributed by atoms with Crippen LogP contribution in [0.3, 0.4) is 0 Å². The number of fused-ring (bicyclic) bond motifs is 1. The first-order valence-corrected chi connectivity index (χ1v) is 11.5. The van der Waals surface area contributed by atoms with E-state index in [1.54, 1.807) is 31.6 Å². The van der Waals surface area contributed by atoms with Crippen molar-refractivity contribution in [1.29, 1.82) is 0 Å². The number of methoxy groups -OCH3 is 1. The van der Waals surface area contributed by atoms with Crippen LogP contribution in [0.4, 0.5) is 10.3 Å². The summed E-state index contributed by atoms with van der Waals surface area (Å²) in [6.45, 7) is 2.17. The summed E-state index contributed by atoms with van der Waals surface area (Å²) < 4.78 is 19.7. The van der Waals surface area contributed by atoms with Gasteiger partial charge in [0, 0.05) is 41.6 Å². The smallest absolute Gasteiger partial charge is 0.220 e. The number of oxime groups is 1. The van der Waals surface area contributed by atoms with Crippen molar-refractivity contribution < 1.29 is 14.0 Å². The molecule has 36 heavy (non-hydrogen) atoms. The van der Waals surface area contributed by atoms with Crippen LogP contribution in [0.15, 0.2) is 66.1 Å². The lowest BCUT2D eigenvalue weighted by molar-refractivity contribution is 0.129. The van der Waals surface area contributed by atoms with Crippen molar-refractivity contribution in [3.05, 3.63) is 94.8 Å². The van der Waals surface area contributed by atoms with Gasteiger partial charge in [-0.05, 0) is 49.1 Å². The highest BCUT2D eigenvalue weighted by Crippen LogP contribution is 2.38. The molecule has 0 radical (unpaired) electrons. The van der Waals surface area contributed by atoms with E-state index < -0.39 is 0 Å². The van der Waals surface area contributed by atoms with Crippen molar-refractivity contribution in [2.45, 2.75) is 32.3 Å². The molecule has 0 bridgehead atoms. The third-order valence-corrected chi connectivity index (χ3v) is 6.14. The minimum Gasteiger partial charge on any atom is -0.481 e. The van der Waals surface area contributed by atoms with Crippen LogP contribution in [0, 0.1) is 12.7 Å². The molecule has 1 aliphatic rings. The quantitative estimate of drug-likeness (QED) is 0.398. The molecule has 0 spiro atoms. The maximum atomic E-state index is 14.4. The molecule has 1 aliphatic carbocycles. The van der Waals surface area contributed by atoms with Crippen molar-refractivity contribution in [3.63, 3.8) is 0 Å². The standard InChI is InChI=1S/C27H25FN6O2/c1-16-26-23(33-27(29)31-16)11-18(12-24(26)34-36-15-17-5-4-10-30-14-17)20-9-8-19(28)13-21(20)22-6-3-7-25(32-22)35-2/h3-10,13-14,18H,11-12,15H2,1-2H3,(H2,29,31,33)/b34-24-. The summed E-state index contributed by atoms with van der Waals surface area (Å²) in [6.07, 6.45) is 4.59. The number of pyridine rings is 2. The summed E-state index contributed by atoms with van der Waals surface area (Å²) in [5.41, 5.74) is 12.2. The van der Waals surface area contributed by atoms with Crippen LogP contribution in [-0.4, -0.2) is 32.8 Å². The fraction of sp³-hybridized carbons (Fsp3) is 0.222. The molecule has 9 heteroatoms. The van der Waals surface area contributed by atoms with Crippen molar-refractivity contribution in [1.82, 2.24) is 19.9 Å². The summed E-state index contributed by atoms with van der Waals surface area (Å²) in [7, 11) is 1.55. The zero-order valence-electron chi connectivity index (χ0n) is 20.0. The number of nitrogens with zero attached hydrogens (tertiary/aromatic N) is 5. The number of aromatic nitrogens is 4. The molecule has 1 atom stereocenters. The van der Waals surface area contributed by atoms with Gasteiger partial charge in [0.1, 0.15) is 12.4 Å². The number of hydrogen-bond donors (Lipinski definition) is 1. The first-order chi connectivity index (χ1) is 17.5. The van der Waals surface area contributed by atoms with E-state index in [1.807, 2.05) is 31.2 Å². The zero-order valence-corrected chi connectivity index (χ0v) is 20.0. The lowest BCUT2D eigenvalue weighted by Crippen LogP contribution is -2.24. The third kappa shape index (κ3) is 4.86. The number of ether oxygens (including phenoxy) is 1. The Labute approximate surface area is 208 Å². The fourth-order valence-corrected chi connectivity index (χ4v) is 4.58. The van der Waals surface area contributed by atoms with E-state index >= 15 is 0 Å². The number of halogens is 1. The van der Waals surface area contributed by atoms with E-state index in [0.717, 1.165) is 33.8 Å². The SMILES string of the molecule is COc1cccc(-c2cc(F)ccc2C2C/C(=N/OCc3cccnc3)c3c(C)nc(N)nc3C2)n1. The number of nitrogen functional groups attached to an aromatic ring is 1. The van der Waals surface area contributed by atoms with Crippen molar-refractivity contribution in [2.75, 3.05) is 12.8 Å². The molecule has 4 aromatic rings. The molecule has 3 heterocycles. The van der Waals surface area contributed by atoms with Gasteiger partial charge >= 0.3 is 0 Å². The largest absolute Gasteiger partial charge is 0.481 e. The molecule has 182 valence electrons. The first kappa shape index (κ1) is 23.3. The van der Waals surface area contributed by atoms with Gasteiger partial charge in [-0.15, -0.1) is 0 Å². The van der Waals surface area contributed by atoms with E-state index in [9.17, 15) is 4.39 Å². The second kappa shape index (κ2) is 10.1.